The van der Waals surface area contributed by atoms with Crippen molar-refractivity contribution in [2.45, 2.75) is 64.5 Å². The fourth-order valence-corrected chi connectivity index (χ4v) is 3.90. The summed E-state index contributed by atoms with van der Waals surface area (Å²) in [5, 5.41) is 16.5. The number of aliphatic hydroxyl groups is 1. The van der Waals surface area contributed by atoms with Gasteiger partial charge >= 0.3 is 0 Å². The summed E-state index contributed by atoms with van der Waals surface area (Å²) in [5.41, 5.74) is 0.952. The molecule has 1 spiro atoms. The summed E-state index contributed by atoms with van der Waals surface area (Å²) in [5.74, 6) is 1.81. The molecule has 1 aliphatic carbocycles. The minimum Gasteiger partial charge on any atom is -0.487 e. The number of halogens is 1. The van der Waals surface area contributed by atoms with Crippen molar-refractivity contribution in [1.29, 1.82) is 0 Å². The first-order valence-electron chi connectivity index (χ1n) is 9.91. The van der Waals surface area contributed by atoms with Crippen molar-refractivity contribution in [3.05, 3.63) is 29.8 Å². The number of hydrogen-bond donors (Lipinski definition) is 3. The molecule has 5 nitrogen and oxygen atoms in total. The summed E-state index contributed by atoms with van der Waals surface area (Å²) in [6, 6.07) is 8.54. The van der Waals surface area contributed by atoms with Crippen LogP contribution in [-0.4, -0.2) is 36.4 Å². The van der Waals surface area contributed by atoms with Crippen LogP contribution < -0.4 is 15.4 Å². The number of ether oxygens (including phenoxy) is 1. The van der Waals surface area contributed by atoms with Crippen LogP contribution in [0, 0.1) is 5.41 Å². The van der Waals surface area contributed by atoms with Crippen LogP contribution in [0.15, 0.2) is 29.3 Å². The molecule has 0 aromatic heterocycles. The lowest BCUT2D eigenvalue weighted by molar-refractivity contribution is 0.0396. The second-order valence-corrected chi connectivity index (χ2v) is 8.45. The third kappa shape index (κ3) is 5.50. The quantitative estimate of drug-likeness (QED) is 0.334. The van der Waals surface area contributed by atoms with Crippen LogP contribution >= 0.6 is 24.0 Å². The first-order chi connectivity index (χ1) is 12.5. The predicted octanol–water partition coefficient (Wildman–Crippen LogP) is 4.01. The van der Waals surface area contributed by atoms with Gasteiger partial charge in [-0.05, 0) is 38.7 Å². The lowest BCUT2D eigenvalue weighted by Gasteiger charge is -2.40. The second-order valence-electron chi connectivity index (χ2n) is 8.45. The summed E-state index contributed by atoms with van der Waals surface area (Å²) >= 11 is 0. The van der Waals surface area contributed by atoms with Crippen molar-refractivity contribution >= 4 is 29.9 Å². The van der Waals surface area contributed by atoms with Gasteiger partial charge in [0.2, 0.25) is 0 Å². The van der Waals surface area contributed by atoms with Crippen LogP contribution in [-0.2, 0) is 0 Å². The number of hydrogen-bond acceptors (Lipinski definition) is 3. The zero-order valence-electron chi connectivity index (χ0n) is 16.8. The fraction of sp³-hybridized carbons (Fsp3) is 0.667. The van der Waals surface area contributed by atoms with E-state index in [-0.39, 0.29) is 47.6 Å². The van der Waals surface area contributed by atoms with Gasteiger partial charge in [0.15, 0.2) is 5.96 Å². The molecule has 1 aromatic carbocycles. The first-order valence-corrected chi connectivity index (χ1v) is 9.91. The van der Waals surface area contributed by atoms with E-state index in [1.165, 1.54) is 18.4 Å². The summed E-state index contributed by atoms with van der Waals surface area (Å²) in [7, 11) is 0. The second kappa shape index (κ2) is 9.45. The van der Waals surface area contributed by atoms with Crippen LogP contribution in [0.25, 0.3) is 0 Å². The third-order valence-electron chi connectivity index (χ3n) is 5.46. The molecular weight excluding hydrogens is 453 g/mol. The molecule has 1 fully saturated rings. The maximum atomic E-state index is 9.50. The largest absolute Gasteiger partial charge is 0.487 e. The molecule has 0 bridgehead atoms. The van der Waals surface area contributed by atoms with E-state index in [4.69, 9.17) is 9.73 Å². The number of nitrogens with one attached hydrogen (secondary N) is 2. The Hall–Kier alpha value is -1.02. The number of guanidine groups is 1. The Labute approximate surface area is 180 Å². The van der Waals surface area contributed by atoms with Crippen molar-refractivity contribution in [2.24, 2.45) is 10.4 Å². The lowest BCUT2D eigenvalue weighted by atomic mass is 9.86. The number of fused-ring (bicyclic) bond motifs is 1. The minimum absolute atomic E-state index is 0. The van der Waals surface area contributed by atoms with Crippen molar-refractivity contribution in [1.82, 2.24) is 10.6 Å². The zero-order chi connectivity index (χ0) is 18.6. The monoisotopic (exact) mass is 487 g/mol. The molecule has 6 heteroatoms. The molecule has 3 N–H and O–H groups in total. The van der Waals surface area contributed by atoms with E-state index in [2.05, 4.69) is 35.8 Å². The predicted molar refractivity (Wildman–Crippen MR) is 121 cm³/mol. The molecule has 1 unspecified atom stereocenters. The van der Waals surface area contributed by atoms with Gasteiger partial charge in [-0.15, -0.1) is 24.0 Å². The molecule has 152 valence electrons. The van der Waals surface area contributed by atoms with E-state index in [1.54, 1.807) is 0 Å². The van der Waals surface area contributed by atoms with Crippen LogP contribution in [0.3, 0.4) is 0 Å². The van der Waals surface area contributed by atoms with Gasteiger partial charge in [-0.25, -0.2) is 0 Å². The summed E-state index contributed by atoms with van der Waals surface area (Å²) < 4.78 is 6.45. The van der Waals surface area contributed by atoms with E-state index in [0.717, 1.165) is 37.5 Å². The van der Waals surface area contributed by atoms with Gasteiger partial charge in [0.25, 0.3) is 0 Å². The zero-order valence-corrected chi connectivity index (χ0v) is 19.1. The Bertz CT molecular complexity index is 642. The minimum atomic E-state index is -0.220. The van der Waals surface area contributed by atoms with E-state index < -0.39 is 0 Å². The van der Waals surface area contributed by atoms with E-state index >= 15 is 0 Å². The van der Waals surface area contributed by atoms with Crippen molar-refractivity contribution in [3.8, 4) is 5.75 Å². The molecule has 2 aliphatic rings. The lowest BCUT2D eigenvalue weighted by Crippen LogP contribution is -2.47. The number of rotatable bonds is 5. The molecule has 1 aromatic rings. The molecule has 27 heavy (non-hydrogen) atoms. The molecular formula is C21H34IN3O2. The maximum absolute atomic E-state index is 9.50. The number of benzene rings is 1. The van der Waals surface area contributed by atoms with E-state index in [9.17, 15) is 5.11 Å². The Morgan fingerprint density at radius 2 is 2.00 bits per heavy atom. The normalized spacial score (nSPS) is 21.2. The highest BCUT2D eigenvalue weighted by molar-refractivity contribution is 14.0. The molecule has 1 saturated carbocycles. The first kappa shape index (κ1) is 22.3. The van der Waals surface area contributed by atoms with E-state index in [1.807, 2.05) is 19.9 Å². The Morgan fingerprint density at radius 1 is 1.30 bits per heavy atom. The molecule has 0 amide bonds. The Morgan fingerprint density at radius 3 is 2.67 bits per heavy atom. The number of aliphatic imine (C=N–C) groups is 1. The summed E-state index contributed by atoms with van der Waals surface area (Å²) in [6.45, 7) is 7.63. The number of nitrogens with zero attached hydrogens (tertiary/aromatic N) is 1. The Balaban J connectivity index is 0.00000261. The number of aliphatic hydroxyl groups excluding tert-OH is 1. The number of para-hydroxylation sites is 1. The van der Waals surface area contributed by atoms with Crippen molar-refractivity contribution in [2.75, 3.05) is 19.7 Å². The standard InChI is InChI=1S/C21H33N3O2.HI/c1-4-22-19(23-14-20(2,3)15-25)24-17-13-21(11-7-8-12-21)26-18-10-6-5-9-16(17)18;/h5-6,9-10,17,25H,4,7-8,11-15H2,1-3H3,(H2,22,23,24);1H. The van der Waals surface area contributed by atoms with Gasteiger partial charge in [0.05, 0.1) is 12.6 Å². The summed E-state index contributed by atoms with van der Waals surface area (Å²) in [6.07, 6.45) is 5.72. The third-order valence-corrected chi connectivity index (χ3v) is 5.46. The SMILES string of the molecule is CCNC(=NCC(C)(C)CO)NC1CC2(CCCC2)Oc2ccccc21.I. The fourth-order valence-electron chi connectivity index (χ4n) is 3.90. The smallest absolute Gasteiger partial charge is 0.191 e. The van der Waals surface area contributed by atoms with Gasteiger partial charge in [-0.1, -0.05) is 32.0 Å². The van der Waals surface area contributed by atoms with Crippen LogP contribution in [0.2, 0.25) is 0 Å². The van der Waals surface area contributed by atoms with Gasteiger partial charge in [0, 0.05) is 30.6 Å². The highest BCUT2D eigenvalue weighted by Gasteiger charge is 2.43. The average molecular weight is 487 g/mol. The van der Waals surface area contributed by atoms with Gasteiger partial charge < -0.3 is 20.5 Å². The van der Waals surface area contributed by atoms with Crippen molar-refractivity contribution in [3.63, 3.8) is 0 Å². The maximum Gasteiger partial charge on any atom is 0.191 e. The molecule has 1 aliphatic heterocycles. The van der Waals surface area contributed by atoms with Crippen LogP contribution in [0.1, 0.15) is 64.5 Å². The highest BCUT2D eigenvalue weighted by atomic mass is 127. The van der Waals surface area contributed by atoms with Crippen molar-refractivity contribution < 1.29 is 9.84 Å². The molecule has 0 saturated heterocycles. The van der Waals surface area contributed by atoms with Gasteiger partial charge in [0.1, 0.15) is 11.4 Å². The molecule has 0 radical (unpaired) electrons. The average Bonchev–Trinajstić information content (AvgIpc) is 3.07. The highest BCUT2D eigenvalue weighted by Crippen LogP contribution is 2.46. The summed E-state index contributed by atoms with van der Waals surface area (Å²) in [4.78, 5) is 4.73. The van der Waals surface area contributed by atoms with E-state index in [0.29, 0.717) is 6.54 Å². The van der Waals surface area contributed by atoms with Crippen LogP contribution in [0.5, 0.6) is 5.75 Å². The Kier molecular flexibility index (Phi) is 7.80. The topological polar surface area (TPSA) is 65.9 Å². The molecule has 1 heterocycles. The van der Waals surface area contributed by atoms with Gasteiger partial charge in [-0.3, -0.25) is 4.99 Å². The molecule has 1 atom stereocenters. The van der Waals surface area contributed by atoms with Crippen LogP contribution in [0.4, 0.5) is 0 Å². The van der Waals surface area contributed by atoms with Gasteiger partial charge in [-0.2, -0.15) is 0 Å². The molecule has 3 rings (SSSR count).